The monoisotopic (exact) mass is 269 g/mol. The Kier molecular flexibility index (Phi) is 3.88. The van der Waals surface area contributed by atoms with Crippen LogP contribution in [-0.4, -0.2) is 9.78 Å². The molecule has 0 amide bonds. The molecule has 20 heavy (non-hydrogen) atoms. The van der Waals surface area contributed by atoms with Crippen molar-refractivity contribution in [3.8, 4) is 5.69 Å². The van der Waals surface area contributed by atoms with Crippen LogP contribution >= 0.6 is 0 Å². The molecule has 1 heterocycles. The van der Waals surface area contributed by atoms with Gasteiger partial charge in [-0.15, -0.1) is 0 Å². The summed E-state index contributed by atoms with van der Waals surface area (Å²) in [5.74, 6) is 1.45. The second kappa shape index (κ2) is 5.80. The maximum Gasteiger partial charge on any atom is 0.0649 e. The van der Waals surface area contributed by atoms with Crippen molar-refractivity contribution in [1.29, 1.82) is 0 Å². The van der Waals surface area contributed by atoms with E-state index in [1.165, 1.54) is 25.7 Å². The van der Waals surface area contributed by atoms with Gasteiger partial charge < -0.3 is 5.73 Å². The molecule has 0 aliphatic heterocycles. The molecule has 1 aromatic heterocycles. The van der Waals surface area contributed by atoms with Gasteiger partial charge in [0.1, 0.15) is 0 Å². The van der Waals surface area contributed by atoms with E-state index in [9.17, 15) is 0 Å². The zero-order chi connectivity index (χ0) is 13.9. The van der Waals surface area contributed by atoms with Gasteiger partial charge in [-0.1, -0.05) is 38.0 Å². The molecule has 1 saturated carbocycles. The normalized spacial score (nSPS) is 24.5. The maximum absolute atomic E-state index is 6.54. The Bertz CT molecular complexity index is 538. The van der Waals surface area contributed by atoms with Gasteiger partial charge in [0, 0.05) is 12.2 Å². The van der Waals surface area contributed by atoms with Crippen molar-refractivity contribution < 1.29 is 0 Å². The molecule has 3 rings (SSSR count). The molecule has 1 atom stereocenters. The number of hydrogen-bond acceptors (Lipinski definition) is 2. The first-order valence-electron chi connectivity index (χ1n) is 7.60. The van der Waals surface area contributed by atoms with Crippen LogP contribution in [-0.2, 0) is 0 Å². The Morgan fingerprint density at radius 1 is 1.10 bits per heavy atom. The average molecular weight is 269 g/mol. The number of para-hydroxylation sites is 1. The maximum atomic E-state index is 6.54. The van der Waals surface area contributed by atoms with Gasteiger partial charge >= 0.3 is 0 Å². The minimum atomic E-state index is 0.0882. The Balaban J connectivity index is 1.82. The fourth-order valence-corrected chi connectivity index (χ4v) is 3.24. The van der Waals surface area contributed by atoms with Gasteiger partial charge in [-0.3, -0.25) is 0 Å². The number of rotatable bonds is 3. The topological polar surface area (TPSA) is 43.8 Å². The lowest BCUT2D eigenvalue weighted by Crippen LogP contribution is -2.27. The summed E-state index contributed by atoms with van der Waals surface area (Å²) < 4.78 is 1.99. The lowest BCUT2D eigenvalue weighted by Gasteiger charge is -2.30. The fraction of sp³-hybridized carbons (Fsp3) is 0.471. The lowest BCUT2D eigenvalue weighted by atomic mass is 9.78. The summed E-state index contributed by atoms with van der Waals surface area (Å²) in [5, 5.41) is 4.45. The molecular weight excluding hydrogens is 246 g/mol. The highest BCUT2D eigenvalue weighted by Gasteiger charge is 2.26. The van der Waals surface area contributed by atoms with Crippen LogP contribution < -0.4 is 5.73 Å². The predicted molar refractivity (Wildman–Crippen MR) is 81.6 cm³/mol. The summed E-state index contributed by atoms with van der Waals surface area (Å²) in [6.07, 6.45) is 6.94. The van der Waals surface area contributed by atoms with Crippen LogP contribution in [0.5, 0.6) is 0 Å². The highest BCUT2D eigenvalue weighted by atomic mass is 15.3. The van der Waals surface area contributed by atoms with E-state index in [-0.39, 0.29) is 6.04 Å². The van der Waals surface area contributed by atoms with Crippen molar-refractivity contribution in [2.24, 2.45) is 17.6 Å². The van der Waals surface area contributed by atoms with Crippen molar-refractivity contribution in [2.75, 3.05) is 0 Å². The Labute approximate surface area is 120 Å². The van der Waals surface area contributed by atoms with Gasteiger partial charge in [0.05, 0.1) is 11.4 Å². The Morgan fingerprint density at radius 3 is 2.50 bits per heavy atom. The molecule has 2 N–H and O–H groups in total. The van der Waals surface area contributed by atoms with E-state index < -0.39 is 0 Å². The summed E-state index contributed by atoms with van der Waals surface area (Å²) in [7, 11) is 0. The Morgan fingerprint density at radius 2 is 1.80 bits per heavy atom. The van der Waals surface area contributed by atoms with E-state index in [0.29, 0.717) is 5.92 Å². The SMILES string of the molecule is CC1CCC(C(N)c2ccnn2-c2ccccc2)CC1. The molecule has 2 aromatic rings. The second-order valence-electron chi connectivity index (χ2n) is 6.05. The first-order valence-corrected chi connectivity index (χ1v) is 7.60. The minimum Gasteiger partial charge on any atom is -0.322 e. The van der Waals surface area contributed by atoms with Crippen molar-refractivity contribution in [3.05, 3.63) is 48.3 Å². The van der Waals surface area contributed by atoms with Crippen LogP contribution in [0.15, 0.2) is 42.6 Å². The van der Waals surface area contributed by atoms with Crippen LogP contribution in [0, 0.1) is 11.8 Å². The molecule has 3 heteroatoms. The Hall–Kier alpha value is -1.61. The van der Waals surface area contributed by atoms with Gasteiger partial charge in [-0.25, -0.2) is 4.68 Å². The zero-order valence-corrected chi connectivity index (χ0v) is 12.1. The standard InChI is InChI=1S/C17H23N3/c1-13-7-9-14(10-8-13)17(18)16-11-12-19-20(16)15-5-3-2-4-6-15/h2-6,11-14,17H,7-10,18H2,1H3. The van der Waals surface area contributed by atoms with E-state index >= 15 is 0 Å². The molecule has 1 unspecified atom stereocenters. The van der Waals surface area contributed by atoms with Crippen LogP contribution in [0.2, 0.25) is 0 Å². The molecule has 0 spiro atoms. The molecule has 0 saturated heterocycles. The van der Waals surface area contributed by atoms with Gasteiger partial charge in [-0.05, 0) is 42.9 Å². The second-order valence-corrected chi connectivity index (χ2v) is 6.05. The number of aromatic nitrogens is 2. The van der Waals surface area contributed by atoms with Crippen LogP contribution in [0.3, 0.4) is 0 Å². The number of benzene rings is 1. The first kappa shape index (κ1) is 13.4. The molecular formula is C17H23N3. The number of nitrogens with two attached hydrogens (primary N) is 1. The number of nitrogens with zero attached hydrogens (tertiary/aromatic N) is 2. The summed E-state index contributed by atoms with van der Waals surface area (Å²) in [5.41, 5.74) is 8.76. The third kappa shape index (κ3) is 2.63. The van der Waals surface area contributed by atoms with Crippen LogP contribution in [0.4, 0.5) is 0 Å². The summed E-state index contributed by atoms with van der Waals surface area (Å²) in [4.78, 5) is 0. The third-order valence-corrected chi connectivity index (χ3v) is 4.58. The van der Waals surface area contributed by atoms with E-state index in [1.54, 1.807) is 0 Å². The molecule has 1 aliphatic carbocycles. The first-order chi connectivity index (χ1) is 9.75. The van der Waals surface area contributed by atoms with Gasteiger partial charge in [0.25, 0.3) is 0 Å². The molecule has 1 aromatic carbocycles. The van der Waals surface area contributed by atoms with Crippen LogP contribution in [0.1, 0.15) is 44.3 Å². The zero-order valence-electron chi connectivity index (χ0n) is 12.1. The van der Waals surface area contributed by atoms with E-state index in [2.05, 4.69) is 30.2 Å². The number of hydrogen-bond donors (Lipinski definition) is 1. The fourth-order valence-electron chi connectivity index (χ4n) is 3.24. The quantitative estimate of drug-likeness (QED) is 0.923. The summed E-state index contributed by atoms with van der Waals surface area (Å²) in [6.45, 7) is 2.34. The molecule has 1 fully saturated rings. The largest absolute Gasteiger partial charge is 0.322 e. The smallest absolute Gasteiger partial charge is 0.0649 e. The highest BCUT2D eigenvalue weighted by Crippen LogP contribution is 2.35. The van der Waals surface area contributed by atoms with Crippen molar-refractivity contribution in [2.45, 2.75) is 38.6 Å². The van der Waals surface area contributed by atoms with Crippen molar-refractivity contribution in [1.82, 2.24) is 9.78 Å². The summed E-state index contributed by atoms with van der Waals surface area (Å²) >= 11 is 0. The average Bonchev–Trinajstić information content (AvgIpc) is 2.97. The van der Waals surface area contributed by atoms with E-state index in [4.69, 9.17) is 5.73 Å². The molecule has 1 aliphatic rings. The molecule has 0 bridgehead atoms. The molecule has 0 radical (unpaired) electrons. The lowest BCUT2D eigenvalue weighted by molar-refractivity contribution is 0.252. The van der Waals surface area contributed by atoms with Crippen molar-refractivity contribution in [3.63, 3.8) is 0 Å². The predicted octanol–water partition coefficient (Wildman–Crippen LogP) is 3.70. The van der Waals surface area contributed by atoms with Crippen molar-refractivity contribution >= 4 is 0 Å². The molecule has 3 nitrogen and oxygen atoms in total. The summed E-state index contributed by atoms with van der Waals surface area (Å²) in [6, 6.07) is 12.4. The van der Waals surface area contributed by atoms with Crippen LogP contribution in [0.25, 0.3) is 5.69 Å². The minimum absolute atomic E-state index is 0.0882. The van der Waals surface area contributed by atoms with Gasteiger partial charge in [0.15, 0.2) is 0 Å². The van der Waals surface area contributed by atoms with E-state index in [0.717, 1.165) is 17.3 Å². The van der Waals surface area contributed by atoms with E-state index in [1.807, 2.05) is 29.1 Å². The van der Waals surface area contributed by atoms with Gasteiger partial charge in [-0.2, -0.15) is 5.10 Å². The highest BCUT2D eigenvalue weighted by molar-refractivity contribution is 5.33. The molecule has 106 valence electrons. The third-order valence-electron chi connectivity index (χ3n) is 4.58. The van der Waals surface area contributed by atoms with Gasteiger partial charge in [0.2, 0.25) is 0 Å².